The normalized spacial score (nSPS) is 18.4. The van der Waals surface area contributed by atoms with E-state index in [1.54, 1.807) is 42.5 Å². The number of likely N-dealkylation sites (tertiary alicyclic amines) is 1. The quantitative estimate of drug-likeness (QED) is 0.445. The first-order chi connectivity index (χ1) is 13.5. The van der Waals surface area contributed by atoms with Crippen LogP contribution in [-0.2, 0) is 9.59 Å². The van der Waals surface area contributed by atoms with Crippen molar-refractivity contribution < 1.29 is 29.9 Å². The fraction of sp³-hybridized carbons (Fsp3) is 0.238. The van der Waals surface area contributed by atoms with Gasteiger partial charge in [0.2, 0.25) is 0 Å². The summed E-state index contributed by atoms with van der Waals surface area (Å²) < 4.78 is 10.6. The lowest BCUT2D eigenvalue weighted by Gasteiger charge is -2.24. The van der Waals surface area contributed by atoms with Crippen LogP contribution in [-0.4, -0.2) is 49.0 Å². The summed E-state index contributed by atoms with van der Waals surface area (Å²) in [6, 6.07) is 13.1. The van der Waals surface area contributed by atoms with Crippen molar-refractivity contribution in [3.05, 3.63) is 65.2 Å². The van der Waals surface area contributed by atoms with Crippen LogP contribution in [0.5, 0.6) is 11.5 Å². The highest BCUT2D eigenvalue weighted by atomic mass is 16.5. The Morgan fingerprint density at radius 2 is 1.75 bits per heavy atom. The van der Waals surface area contributed by atoms with Crippen molar-refractivity contribution in [1.82, 2.24) is 4.90 Å². The number of benzene rings is 2. The number of ketones is 1. The minimum Gasteiger partial charge on any atom is -0.507 e. The second-order valence-corrected chi connectivity index (χ2v) is 6.33. The molecule has 146 valence electrons. The highest BCUT2D eigenvalue weighted by molar-refractivity contribution is 6.46. The molecule has 0 spiro atoms. The number of ether oxygens (including phenoxy) is 2. The van der Waals surface area contributed by atoms with Gasteiger partial charge in [0.1, 0.15) is 5.76 Å². The van der Waals surface area contributed by atoms with Gasteiger partial charge in [-0.3, -0.25) is 9.59 Å². The Balaban J connectivity index is 2.20. The molecule has 1 aliphatic heterocycles. The maximum Gasteiger partial charge on any atom is 0.295 e. The molecule has 0 radical (unpaired) electrons. The van der Waals surface area contributed by atoms with Gasteiger partial charge in [0.25, 0.3) is 11.7 Å². The molecular formula is C21H23N2O5+. The summed E-state index contributed by atoms with van der Waals surface area (Å²) in [7, 11) is 3.04. The first-order valence-corrected chi connectivity index (χ1v) is 8.88. The second kappa shape index (κ2) is 8.14. The monoisotopic (exact) mass is 383 g/mol. The number of hydrogen-bond acceptors (Lipinski definition) is 5. The number of carbonyl (C=O) groups is 2. The van der Waals surface area contributed by atoms with E-state index in [-0.39, 0.29) is 17.9 Å². The Labute approximate surface area is 163 Å². The van der Waals surface area contributed by atoms with Gasteiger partial charge in [-0.05, 0) is 17.7 Å². The van der Waals surface area contributed by atoms with E-state index in [2.05, 4.69) is 5.73 Å². The number of nitrogens with zero attached hydrogens (tertiary/aromatic N) is 1. The maximum atomic E-state index is 12.8. The van der Waals surface area contributed by atoms with Crippen molar-refractivity contribution in [3.8, 4) is 11.5 Å². The zero-order valence-electron chi connectivity index (χ0n) is 15.8. The predicted octanol–water partition coefficient (Wildman–Crippen LogP) is 1.37. The molecular weight excluding hydrogens is 360 g/mol. The van der Waals surface area contributed by atoms with Gasteiger partial charge in [-0.1, -0.05) is 36.4 Å². The smallest absolute Gasteiger partial charge is 0.295 e. The van der Waals surface area contributed by atoms with Crippen LogP contribution < -0.4 is 15.2 Å². The van der Waals surface area contributed by atoms with Crippen LogP contribution in [0.25, 0.3) is 5.76 Å². The Morgan fingerprint density at radius 1 is 1.07 bits per heavy atom. The molecule has 1 heterocycles. The molecule has 28 heavy (non-hydrogen) atoms. The maximum absolute atomic E-state index is 12.8. The number of rotatable bonds is 6. The fourth-order valence-electron chi connectivity index (χ4n) is 3.40. The zero-order chi connectivity index (χ0) is 20.3. The summed E-state index contributed by atoms with van der Waals surface area (Å²) in [5.41, 5.74) is 4.96. The highest BCUT2D eigenvalue weighted by Gasteiger charge is 2.46. The number of aliphatic hydroxyl groups excluding tert-OH is 1. The van der Waals surface area contributed by atoms with Crippen LogP contribution in [0.2, 0.25) is 0 Å². The van der Waals surface area contributed by atoms with Crippen LogP contribution in [0.15, 0.2) is 54.1 Å². The van der Waals surface area contributed by atoms with Crippen LogP contribution in [0, 0.1) is 0 Å². The van der Waals surface area contributed by atoms with Crippen LogP contribution >= 0.6 is 0 Å². The van der Waals surface area contributed by atoms with E-state index in [1.165, 1.54) is 19.1 Å². The Bertz CT molecular complexity index is 924. The van der Waals surface area contributed by atoms with E-state index in [4.69, 9.17) is 9.47 Å². The summed E-state index contributed by atoms with van der Waals surface area (Å²) in [6.07, 6.45) is 0. The highest BCUT2D eigenvalue weighted by Crippen LogP contribution is 2.41. The zero-order valence-corrected chi connectivity index (χ0v) is 15.8. The average Bonchev–Trinajstić information content (AvgIpc) is 2.98. The molecule has 2 aromatic carbocycles. The molecule has 1 unspecified atom stereocenters. The fourth-order valence-corrected chi connectivity index (χ4v) is 3.40. The molecule has 4 N–H and O–H groups in total. The molecule has 3 rings (SSSR count). The van der Waals surface area contributed by atoms with Crippen molar-refractivity contribution in [2.45, 2.75) is 6.04 Å². The molecule has 0 aromatic heterocycles. The molecule has 0 aliphatic carbocycles. The molecule has 1 fully saturated rings. The predicted molar refractivity (Wildman–Crippen MR) is 103 cm³/mol. The SMILES string of the molecule is COc1ccc(C2C(=C(O)c3ccccc3)C(=O)C(=O)N2CC[NH3+])cc1OC. The van der Waals surface area contributed by atoms with Gasteiger partial charge in [-0.15, -0.1) is 0 Å². The minimum atomic E-state index is -0.734. The van der Waals surface area contributed by atoms with Crippen molar-refractivity contribution in [1.29, 1.82) is 0 Å². The van der Waals surface area contributed by atoms with Crippen LogP contribution in [0.3, 0.4) is 0 Å². The Hall–Kier alpha value is -3.32. The third-order valence-electron chi connectivity index (χ3n) is 4.71. The first-order valence-electron chi connectivity index (χ1n) is 8.88. The number of amides is 1. The van der Waals surface area contributed by atoms with E-state index in [9.17, 15) is 14.7 Å². The number of carbonyl (C=O) groups excluding carboxylic acids is 2. The molecule has 7 heteroatoms. The number of aliphatic hydroxyl groups is 1. The van der Waals surface area contributed by atoms with Gasteiger partial charge in [0, 0.05) is 5.56 Å². The average molecular weight is 383 g/mol. The lowest BCUT2D eigenvalue weighted by molar-refractivity contribution is -0.368. The van der Waals surface area contributed by atoms with E-state index < -0.39 is 17.7 Å². The molecule has 0 bridgehead atoms. The molecule has 1 atom stereocenters. The van der Waals surface area contributed by atoms with Crippen molar-refractivity contribution in [2.75, 3.05) is 27.3 Å². The number of Topliss-reactive ketones (excluding diaryl/α,β-unsaturated/α-hetero) is 1. The number of methoxy groups -OCH3 is 2. The van der Waals surface area contributed by atoms with Gasteiger partial charge in [-0.2, -0.15) is 0 Å². The molecule has 1 amide bonds. The molecule has 2 aromatic rings. The van der Waals surface area contributed by atoms with Gasteiger partial charge in [0.15, 0.2) is 11.5 Å². The Morgan fingerprint density at radius 3 is 2.36 bits per heavy atom. The molecule has 1 aliphatic rings. The lowest BCUT2D eigenvalue weighted by atomic mass is 9.95. The van der Waals surface area contributed by atoms with Gasteiger partial charge >= 0.3 is 0 Å². The topological polar surface area (TPSA) is 104 Å². The summed E-state index contributed by atoms with van der Waals surface area (Å²) in [5, 5.41) is 10.9. The lowest BCUT2D eigenvalue weighted by Crippen LogP contribution is -2.55. The van der Waals surface area contributed by atoms with Gasteiger partial charge in [-0.25, -0.2) is 0 Å². The Kier molecular flexibility index (Phi) is 5.65. The van der Waals surface area contributed by atoms with Crippen molar-refractivity contribution >= 4 is 17.4 Å². The van der Waals surface area contributed by atoms with Gasteiger partial charge in [0.05, 0.1) is 38.9 Å². The van der Waals surface area contributed by atoms with E-state index >= 15 is 0 Å². The largest absolute Gasteiger partial charge is 0.507 e. The van der Waals surface area contributed by atoms with Crippen molar-refractivity contribution in [2.24, 2.45) is 0 Å². The van der Waals surface area contributed by atoms with Gasteiger partial charge < -0.3 is 25.2 Å². The van der Waals surface area contributed by atoms with Crippen LogP contribution in [0.4, 0.5) is 0 Å². The second-order valence-electron chi connectivity index (χ2n) is 6.33. The van der Waals surface area contributed by atoms with Crippen molar-refractivity contribution in [3.63, 3.8) is 0 Å². The van der Waals surface area contributed by atoms with E-state index in [0.717, 1.165) is 0 Å². The van der Waals surface area contributed by atoms with E-state index in [0.29, 0.717) is 29.2 Å². The summed E-state index contributed by atoms with van der Waals surface area (Å²) in [5.74, 6) is -0.566. The molecule has 1 saturated heterocycles. The van der Waals surface area contributed by atoms with Crippen LogP contribution in [0.1, 0.15) is 17.2 Å². The first kappa shape index (κ1) is 19.4. The summed E-state index contributed by atoms with van der Waals surface area (Å²) in [6.45, 7) is 0.720. The molecule has 0 saturated carbocycles. The standard InChI is InChI=1S/C21H22N2O5/c1-27-15-9-8-14(12-16(15)28-2)18-17(19(24)13-6-4-3-5-7-13)20(25)21(26)23(18)11-10-22/h3-9,12,18,24H,10-11,22H2,1-2H3/p+1. The summed E-state index contributed by atoms with van der Waals surface area (Å²) >= 11 is 0. The van der Waals surface area contributed by atoms with E-state index in [1.807, 2.05) is 6.07 Å². The number of hydrogen-bond donors (Lipinski definition) is 2. The number of quaternary nitrogens is 1. The third kappa shape index (κ3) is 3.32. The molecule has 7 nitrogen and oxygen atoms in total. The summed E-state index contributed by atoms with van der Waals surface area (Å²) in [4.78, 5) is 26.9. The third-order valence-corrected chi connectivity index (χ3v) is 4.71. The minimum absolute atomic E-state index is 0.0527.